The number of aromatic nitrogens is 3. The molecule has 0 saturated heterocycles. The second-order valence-corrected chi connectivity index (χ2v) is 7.61. The van der Waals surface area contributed by atoms with E-state index in [4.69, 9.17) is 0 Å². The van der Waals surface area contributed by atoms with E-state index in [1.165, 1.54) is 11.1 Å². The number of benzene rings is 1. The van der Waals surface area contributed by atoms with Crippen molar-refractivity contribution in [2.24, 2.45) is 5.92 Å². The molecule has 146 valence electrons. The minimum atomic E-state index is -0.182. The van der Waals surface area contributed by atoms with Gasteiger partial charge in [-0.25, -0.2) is 4.68 Å². The number of nitrogens with one attached hydrogen (secondary N) is 1. The van der Waals surface area contributed by atoms with E-state index in [1.54, 1.807) is 4.68 Å². The maximum absolute atomic E-state index is 12.6. The van der Waals surface area contributed by atoms with E-state index in [0.717, 1.165) is 30.9 Å². The van der Waals surface area contributed by atoms with E-state index in [9.17, 15) is 9.90 Å². The molecule has 1 aromatic carbocycles. The lowest BCUT2D eigenvalue weighted by Gasteiger charge is -2.29. The van der Waals surface area contributed by atoms with Crippen molar-refractivity contribution in [3.8, 4) is 5.69 Å². The highest BCUT2D eigenvalue weighted by Gasteiger charge is 2.23. The summed E-state index contributed by atoms with van der Waals surface area (Å²) in [4.78, 5) is 14.8. The Morgan fingerprint density at radius 1 is 1.33 bits per heavy atom. The molecule has 0 saturated carbocycles. The fourth-order valence-electron chi connectivity index (χ4n) is 3.39. The van der Waals surface area contributed by atoms with E-state index in [-0.39, 0.29) is 18.6 Å². The van der Waals surface area contributed by atoms with Gasteiger partial charge in [0.2, 0.25) is 0 Å². The van der Waals surface area contributed by atoms with Crippen molar-refractivity contribution >= 4 is 5.91 Å². The van der Waals surface area contributed by atoms with Crippen LogP contribution < -0.4 is 5.32 Å². The second-order valence-electron chi connectivity index (χ2n) is 7.61. The molecule has 0 spiro atoms. The third-order valence-corrected chi connectivity index (χ3v) is 5.43. The Labute approximate surface area is 160 Å². The molecule has 2 heterocycles. The van der Waals surface area contributed by atoms with Gasteiger partial charge in [0.25, 0.3) is 5.91 Å². The first kappa shape index (κ1) is 19.5. The zero-order chi connectivity index (χ0) is 19.6. The summed E-state index contributed by atoms with van der Waals surface area (Å²) >= 11 is 0. The zero-order valence-corrected chi connectivity index (χ0v) is 16.6. The number of hydrogen-bond donors (Lipinski definition) is 2. The average molecular weight is 371 g/mol. The minimum absolute atomic E-state index is 0.0732. The lowest BCUT2D eigenvalue weighted by atomic mass is 9.97. The monoisotopic (exact) mass is 371 g/mol. The number of nitrogens with zero attached hydrogens (tertiary/aromatic N) is 4. The quantitative estimate of drug-likeness (QED) is 0.808. The number of aliphatic hydroxyl groups excluding tert-OH is 1. The van der Waals surface area contributed by atoms with Crippen LogP contribution in [0.1, 0.15) is 48.1 Å². The molecular weight excluding hydrogens is 342 g/mol. The van der Waals surface area contributed by atoms with Crippen molar-refractivity contribution in [1.29, 1.82) is 0 Å². The van der Waals surface area contributed by atoms with Crippen molar-refractivity contribution in [3.63, 3.8) is 0 Å². The van der Waals surface area contributed by atoms with Gasteiger partial charge in [-0.15, -0.1) is 5.10 Å². The molecule has 0 bridgehead atoms. The Bertz CT molecular complexity index is 815. The third kappa shape index (κ3) is 4.04. The molecule has 1 aromatic heterocycles. The third-order valence-electron chi connectivity index (χ3n) is 5.43. The van der Waals surface area contributed by atoms with E-state index in [2.05, 4.69) is 40.4 Å². The first-order chi connectivity index (χ1) is 12.9. The van der Waals surface area contributed by atoms with Gasteiger partial charge in [-0.2, -0.15) is 0 Å². The number of fused-ring (bicyclic) bond motifs is 1. The second kappa shape index (κ2) is 8.19. The molecule has 7 heteroatoms. The van der Waals surface area contributed by atoms with Gasteiger partial charge in [0.05, 0.1) is 18.0 Å². The van der Waals surface area contributed by atoms with E-state index >= 15 is 0 Å². The lowest BCUT2D eigenvalue weighted by molar-refractivity contribution is 0.0924. The summed E-state index contributed by atoms with van der Waals surface area (Å²) in [6.45, 7) is 10.6. The van der Waals surface area contributed by atoms with Crippen LogP contribution in [0.5, 0.6) is 0 Å². The zero-order valence-electron chi connectivity index (χ0n) is 16.6. The number of aliphatic hydroxyl groups is 1. The summed E-state index contributed by atoms with van der Waals surface area (Å²) in [5, 5.41) is 20.6. The molecule has 1 amide bonds. The van der Waals surface area contributed by atoms with Crippen LogP contribution in [0.25, 0.3) is 5.69 Å². The Morgan fingerprint density at radius 3 is 2.81 bits per heavy atom. The van der Waals surface area contributed by atoms with Gasteiger partial charge in [-0.1, -0.05) is 31.2 Å². The summed E-state index contributed by atoms with van der Waals surface area (Å²) in [6, 6.07) is 6.23. The number of carbonyl (C=O) groups excluding carboxylic acids is 1. The first-order valence-electron chi connectivity index (χ1n) is 9.60. The number of hydrogen-bond acceptors (Lipinski definition) is 5. The maximum atomic E-state index is 12.6. The van der Waals surface area contributed by atoms with Crippen LogP contribution in [0.3, 0.4) is 0 Å². The largest absolute Gasteiger partial charge is 0.395 e. The van der Waals surface area contributed by atoms with Crippen LogP contribution in [0, 0.1) is 12.8 Å². The van der Waals surface area contributed by atoms with Gasteiger partial charge >= 0.3 is 0 Å². The molecule has 0 unspecified atom stereocenters. The molecule has 2 N–H and O–H groups in total. The van der Waals surface area contributed by atoms with Crippen LogP contribution in [0.4, 0.5) is 0 Å². The van der Waals surface area contributed by atoms with Crippen molar-refractivity contribution in [2.45, 2.75) is 46.7 Å². The Morgan fingerprint density at radius 2 is 2.11 bits per heavy atom. The van der Waals surface area contributed by atoms with Crippen LogP contribution in [0.2, 0.25) is 0 Å². The molecule has 7 nitrogen and oxygen atoms in total. The number of amides is 1. The van der Waals surface area contributed by atoms with E-state index < -0.39 is 0 Å². The number of β-amino-alcohol motifs (C(OH)–C–C–N with tert-alkyl or cyclic N) is 1. The van der Waals surface area contributed by atoms with Crippen molar-refractivity contribution in [3.05, 3.63) is 40.7 Å². The van der Waals surface area contributed by atoms with Crippen molar-refractivity contribution in [2.75, 3.05) is 19.7 Å². The topological polar surface area (TPSA) is 83.3 Å². The van der Waals surface area contributed by atoms with Gasteiger partial charge in [-0.3, -0.25) is 9.69 Å². The van der Waals surface area contributed by atoms with E-state index in [1.807, 2.05) is 26.0 Å². The lowest BCUT2D eigenvalue weighted by Crippen LogP contribution is -2.36. The van der Waals surface area contributed by atoms with Crippen LogP contribution >= 0.6 is 0 Å². The summed E-state index contributed by atoms with van der Waals surface area (Å²) in [5.74, 6) is 0.172. The van der Waals surface area contributed by atoms with E-state index in [0.29, 0.717) is 18.2 Å². The maximum Gasteiger partial charge on any atom is 0.273 e. The number of rotatable bonds is 6. The van der Waals surface area contributed by atoms with Crippen molar-refractivity contribution < 1.29 is 9.90 Å². The molecule has 2 aromatic rings. The average Bonchev–Trinajstić information content (AvgIpc) is 3.02. The van der Waals surface area contributed by atoms with Crippen LogP contribution in [0.15, 0.2) is 18.2 Å². The number of carbonyl (C=O) groups is 1. The summed E-state index contributed by atoms with van der Waals surface area (Å²) in [6.07, 6.45) is 0.886. The molecule has 1 aliphatic rings. The van der Waals surface area contributed by atoms with Crippen LogP contribution in [-0.2, 0) is 13.0 Å². The van der Waals surface area contributed by atoms with Gasteiger partial charge in [0.15, 0.2) is 5.69 Å². The molecule has 27 heavy (non-hydrogen) atoms. The predicted octanol–water partition coefficient (Wildman–Crippen LogP) is 1.70. The van der Waals surface area contributed by atoms with Crippen molar-refractivity contribution in [1.82, 2.24) is 25.2 Å². The smallest absolute Gasteiger partial charge is 0.273 e. The highest BCUT2D eigenvalue weighted by Crippen LogP contribution is 2.26. The Kier molecular flexibility index (Phi) is 5.92. The summed E-state index contributed by atoms with van der Waals surface area (Å²) < 4.78 is 1.77. The predicted molar refractivity (Wildman–Crippen MR) is 104 cm³/mol. The summed E-state index contributed by atoms with van der Waals surface area (Å²) in [5.41, 5.74) is 4.58. The highest BCUT2D eigenvalue weighted by molar-refractivity contribution is 5.93. The fourth-order valence-corrected chi connectivity index (χ4v) is 3.39. The molecule has 3 rings (SSSR count). The summed E-state index contributed by atoms with van der Waals surface area (Å²) in [7, 11) is 0. The first-order valence-corrected chi connectivity index (χ1v) is 9.60. The molecule has 1 atom stereocenters. The Hall–Kier alpha value is -2.25. The molecule has 1 aliphatic heterocycles. The van der Waals surface area contributed by atoms with Crippen LogP contribution in [-0.4, -0.2) is 56.6 Å². The molecule has 0 radical (unpaired) electrons. The van der Waals surface area contributed by atoms with Gasteiger partial charge in [0.1, 0.15) is 0 Å². The fraction of sp³-hybridized carbons (Fsp3) is 0.550. The Balaban J connectivity index is 1.88. The molecule has 0 fully saturated rings. The standard InChI is InChI=1S/C20H29N5O2/c1-13(2)14(3)21-20(27)19-15(4)25(23-22-19)18-7-5-6-16-12-24(10-11-26)9-8-17(16)18/h5-7,13-14,26H,8-12H2,1-4H3,(H,21,27)/t14-/m0/s1. The van der Waals surface area contributed by atoms with Gasteiger partial charge in [-0.05, 0) is 43.4 Å². The molecular formula is C20H29N5O2. The molecule has 0 aliphatic carbocycles. The minimum Gasteiger partial charge on any atom is -0.395 e. The van der Waals surface area contributed by atoms with Gasteiger partial charge < -0.3 is 10.4 Å². The SMILES string of the molecule is Cc1c(C(=O)N[C@@H](C)C(C)C)nnn1-c1cccc2c1CCN(CCO)C2. The van der Waals surface area contributed by atoms with Gasteiger partial charge in [0, 0.05) is 25.7 Å². The highest BCUT2D eigenvalue weighted by atomic mass is 16.3. The normalized spacial score (nSPS) is 15.6.